The second kappa shape index (κ2) is 10.7. The first-order chi connectivity index (χ1) is 16.0. The number of nitrogens with one attached hydrogen (secondary N) is 1. The molecule has 0 aliphatic heterocycles. The number of benzene rings is 2. The molecule has 1 atom stereocenters. The largest absolute Gasteiger partial charge is 0.485 e. The van der Waals surface area contributed by atoms with E-state index in [0.717, 1.165) is 27.4 Å². The van der Waals surface area contributed by atoms with E-state index in [1.165, 1.54) is 11.8 Å². The zero-order valence-electron chi connectivity index (χ0n) is 18.8. The van der Waals surface area contributed by atoms with Crippen molar-refractivity contribution in [1.29, 1.82) is 0 Å². The van der Waals surface area contributed by atoms with Crippen LogP contribution in [0.2, 0.25) is 0 Å². The third kappa shape index (κ3) is 5.64. The van der Waals surface area contributed by atoms with Gasteiger partial charge in [-0.2, -0.15) is 0 Å². The minimum absolute atomic E-state index is 0.0218. The molecule has 1 amide bonds. The van der Waals surface area contributed by atoms with Gasteiger partial charge in [0, 0.05) is 10.6 Å². The summed E-state index contributed by atoms with van der Waals surface area (Å²) in [7, 11) is 0. The summed E-state index contributed by atoms with van der Waals surface area (Å²) in [4.78, 5) is 13.7. The van der Waals surface area contributed by atoms with Crippen molar-refractivity contribution in [2.45, 2.75) is 38.6 Å². The number of aryl methyl sites for hydroxylation is 2. The summed E-state index contributed by atoms with van der Waals surface area (Å²) < 4.78 is 8.09. The molecule has 4 aromatic rings. The SMILES string of the molecule is Cc1cccc(C)c1OCc1nnc(SCC(=O)NC(C)c2cccs2)n1-c1ccccc1. The number of thioether (sulfide) groups is 1. The van der Waals surface area contributed by atoms with Gasteiger partial charge in [0.25, 0.3) is 0 Å². The number of hydrogen-bond donors (Lipinski definition) is 1. The maximum atomic E-state index is 12.6. The third-order valence-electron chi connectivity index (χ3n) is 5.15. The number of hydrogen-bond acceptors (Lipinski definition) is 6. The fourth-order valence-electron chi connectivity index (χ4n) is 3.51. The van der Waals surface area contributed by atoms with Gasteiger partial charge < -0.3 is 10.1 Å². The Morgan fingerprint density at radius 3 is 2.52 bits per heavy atom. The lowest BCUT2D eigenvalue weighted by atomic mass is 10.1. The van der Waals surface area contributed by atoms with Gasteiger partial charge in [-0.15, -0.1) is 21.5 Å². The van der Waals surface area contributed by atoms with Gasteiger partial charge in [0.15, 0.2) is 11.0 Å². The van der Waals surface area contributed by atoms with E-state index in [1.807, 2.05) is 91.4 Å². The second-order valence-electron chi connectivity index (χ2n) is 7.67. The quantitative estimate of drug-likeness (QED) is 0.322. The Labute approximate surface area is 202 Å². The Balaban J connectivity index is 1.50. The monoisotopic (exact) mass is 478 g/mol. The molecule has 6 nitrogen and oxygen atoms in total. The van der Waals surface area contributed by atoms with Crippen LogP contribution < -0.4 is 10.1 Å². The summed E-state index contributed by atoms with van der Waals surface area (Å²) in [5, 5.41) is 14.5. The van der Waals surface area contributed by atoms with Gasteiger partial charge in [0.05, 0.1) is 11.8 Å². The van der Waals surface area contributed by atoms with Crippen LogP contribution in [-0.2, 0) is 11.4 Å². The highest BCUT2D eigenvalue weighted by Crippen LogP contribution is 2.26. The molecule has 8 heteroatoms. The van der Waals surface area contributed by atoms with E-state index >= 15 is 0 Å². The van der Waals surface area contributed by atoms with Crippen molar-refractivity contribution in [3.05, 3.63) is 87.9 Å². The molecule has 4 rings (SSSR count). The van der Waals surface area contributed by atoms with Gasteiger partial charge in [0.2, 0.25) is 5.91 Å². The minimum Gasteiger partial charge on any atom is -0.485 e. The van der Waals surface area contributed by atoms with Crippen LogP contribution in [-0.4, -0.2) is 26.4 Å². The molecular weight excluding hydrogens is 452 g/mol. The first kappa shape index (κ1) is 23.1. The van der Waals surface area contributed by atoms with Crippen molar-refractivity contribution in [3.63, 3.8) is 0 Å². The molecule has 0 saturated carbocycles. The Kier molecular flexibility index (Phi) is 7.47. The van der Waals surface area contributed by atoms with Gasteiger partial charge in [-0.05, 0) is 55.5 Å². The van der Waals surface area contributed by atoms with Crippen molar-refractivity contribution in [1.82, 2.24) is 20.1 Å². The number of thiophene rings is 1. The number of aromatic nitrogens is 3. The minimum atomic E-state index is -0.0446. The number of nitrogens with zero attached hydrogens (tertiary/aromatic N) is 3. The van der Waals surface area contributed by atoms with Crippen molar-refractivity contribution in [3.8, 4) is 11.4 Å². The summed E-state index contributed by atoms with van der Waals surface area (Å²) in [6.07, 6.45) is 0. The van der Waals surface area contributed by atoms with Crippen LogP contribution in [0.5, 0.6) is 5.75 Å². The van der Waals surface area contributed by atoms with E-state index < -0.39 is 0 Å². The van der Waals surface area contributed by atoms with Crippen LogP contribution in [0.1, 0.15) is 34.8 Å². The number of carbonyl (C=O) groups is 1. The molecule has 0 fully saturated rings. The normalized spacial score (nSPS) is 11.8. The number of ether oxygens (including phenoxy) is 1. The van der Waals surface area contributed by atoms with Crippen molar-refractivity contribution < 1.29 is 9.53 Å². The molecule has 1 unspecified atom stereocenters. The first-order valence-corrected chi connectivity index (χ1v) is 12.5. The third-order valence-corrected chi connectivity index (χ3v) is 7.13. The predicted molar refractivity (Wildman–Crippen MR) is 133 cm³/mol. The van der Waals surface area contributed by atoms with Crippen molar-refractivity contribution >= 4 is 29.0 Å². The Morgan fingerprint density at radius 1 is 1.06 bits per heavy atom. The Bertz CT molecular complexity index is 1190. The number of rotatable bonds is 9. The lowest BCUT2D eigenvalue weighted by molar-refractivity contribution is -0.119. The molecule has 0 aliphatic rings. The van der Waals surface area contributed by atoms with E-state index in [2.05, 4.69) is 15.5 Å². The smallest absolute Gasteiger partial charge is 0.230 e. The molecule has 33 heavy (non-hydrogen) atoms. The molecule has 0 spiro atoms. The molecule has 170 valence electrons. The number of carbonyl (C=O) groups excluding carboxylic acids is 1. The highest BCUT2D eigenvalue weighted by Gasteiger charge is 2.18. The topological polar surface area (TPSA) is 69.0 Å². The van der Waals surface area contributed by atoms with Gasteiger partial charge in [-0.3, -0.25) is 9.36 Å². The van der Waals surface area contributed by atoms with Crippen LogP contribution >= 0.6 is 23.1 Å². The highest BCUT2D eigenvalue weighted by molar-refractivity contribution is 7.99. The molecular formula is C25H26N4O2S2. The molecule has 0 radical (unpaired) electrons. The van der Waals surface area contributed by atoms with Gasteiger partial charge in [-0.25, -0.2) is 0 Å². The van der Waals surface area contributed by atoms with Crippen molar-refractivity contribution in [2.24, 2.45) is 0 Å². The van der Waals surface area contributed by atoms with Crippen LogP contribution in [0.15, 0.2) is 71.2 Å². The molecule has 2 aromatic carbocycles. The Hall–Kier alpha value is -3.10. The van der Waals surface area contributed by atoms with E-state index in [-0.39, 0.29) is 24.3 Å². The summed E-state index contributed by atoms with van der Waals surface area (Å²) in [5.74, 6) is 1.74. The van der Waals surface area contributed by atoms with E-state index in [9.17, 15) is 4.79 Å². The standard InChI is InChI=1S/C25H26N4O2S2/c1-17-9-7-10-18(2)24(17)31-15-22-27-28-25(29(22)20-11-5-4-6-12-20)33-16-23(30)26-19(3)21-13-8-14-32-21/h4-14,19H,15-16H2,1-3H3,(H,26,30). The van der Waals surface area contributed by atoms with E-state index in [0.29, 0.717) is 11.0 Å². The number of para-hydroxylation sites is 2. The van der Waals surface area contributed by atoms with Gasteiger partial charge in [-0.1, -0.05) is 54.2 Å². The summed E-state index contributed by atoms with van der Waals surface area (Å²) in [6.45, 7) is 6.32. The fourth-order valence-corrected chi connectivity index (χ4v) is 5.03. The van der Waals surface area contributed by atoms with E-state index in [1.54, 1.807) is 11.3 Å². The van der Waals surface area contributed by atoms with Gasteiger partial charge >= 0.3 is 0 Å². The molecule has 2 heterocycles. The number of amides is 1. The maximum absolute atomic E-state index is 12.6. The predicted octanol–water partition coefficient (Wildman–Crippen LogP) is 5.49. The average Bonchev–Trinajstić information content (AvgIpc) is 3.48. The lowest BCUT2D eigenvalue weighted by Gasteiger charge is -2.14. The molecule has 0 saturated heterocycles. The molecule has 2 aromatic heterocycles. The highest BCUT2D eigenvalue weighted by atomic mass is 32.2. The fraction of sp³-hybridized carbons (Fsp3) is 0.240. The molecule has 0 bridgehead atoms. The van der Waals surface area contributed by atoms with Crippen LogP contribution in [0.25, 0.3) is 5.69 Å². The second-order valence-corrected chi connectivity index (χ2v) is 9.59. The Morgan fingerprint density at radius 2 is 1.82 bits per heavy atom. The van der Waals surface area contributed by atoms with Crippen LogP contribution in [0, 0.1) is 13.8 Å². The summed E-state index contributed by atoms with van der Waals surface area (Å²) in [6, 6.07) is 20.0. The zero-order chi connectivity index (χ0) is 23.2. The summed E-state index contributed by atoms with van der Waals surface area (Å²) >= 11 is 3.00. The molecule has 1 N–H and O–H groups in total. The average molecular weight is 479 g/mol. The summed E-state index contributed by atoms with van der Waals surface area (Å²) in [5.41, 5.74) is 3.08. The van der Waals surface area contributed by atoms with Gasteiger partial charge in [0.1, 0.15) is 12.4 Å². The molecule has 0 aliphatic carbocycles. The lowest BCUT2D eigenvalue weighted by Crippen LogP contribution is -2.27. The zero-order valence-corrected chi connectivity index (χ0v) is 20.5. The van der Waals surface area contributed by atoms with E-state index in [4.69, 9.17) is 4.74 Å². The first-order valence-electron chi connectivity index (χ1n) is 10.7. The maximum Gasteiger partial charge on any atom is 0.230 e. The van der Waals surface area contributed by atoms with Crippen molar-refractivity contribution in [2.75, 3.05) is 5.75 Å². The van der Waals surface area contributed by atoms with Crippen LogP contribution in [0.4, 0.5) is 0 Å². The van der Waals surface area contributed by atoms with Crippen LogP contribution in [0.3, 0.4) is 0 Å².